The quantitative estimate of drug-likeness (QED) is 0.581. The van der Waals surface area contributed by atoms with Crippen LogP contribution in [-0.2, 0) is 0 Å². The molecule has 1 aromatic carbocycles. The molecule has 3 nitrogen and oxygen atoms in total. The third-order valence-corrected chi connectivity index (χ3v) is 2.43. The summed E-state index contributed by atoms with van der Waals surface area (Å²) < 4.78 is 0. The Hall–Kier alpha value is -1.90. The SMILES string of the molecule is Cc1ccc2[nH]c3ncncc3c2c1. The van der Waals surface area contributed by atoms with Gasteiger partial charge < -0.3 is 4.98 Å². The van der Waals surface area contributed by atoms with Crippen molar-refractivity contribution < 1.29 is 0 Å². The zero-order valence-electron chi connectivity index (χ0n) is 7.78. The van der Waals surface area contributed by atoms with Gasteiger partial charge in [0.25, 0.3) is 0 Å². The fourth-order valence-corrected chi connectivity index (χ4v) is 1.74. The van der Waals surface area contributed by atoms with Crippen LogP contribution in [0.15, 0.2) is 30.7 Å². The number of benzene rings is 1. The number of nitrogens with one attached hydrogen (secondary N) is 1. The van der Waals surface area contributed by atoms with Crippen molar-refractivity contribution >= 4 is 21.9 Å². The summed E-state index contributed by atoms with van der Waals surface area (Å²) in [4.78, 5) is 11.5. The highest BCUT2D eigenvalue weighted by Crippen LogP contribution is 2.23. The Morgan fingerprint density at radius 1 is 1.21 bits per heavy atom. The minimum absolute atomic E-state index is 0.903. The molecule has 0 aliphatic rings. The zero-order valence-corrected chi connectivity index (χ0v) is 7.78. The molecule has 3 aromatic rings. The fourth-order valence-electron chi connectivity index (χ4n) is 1.74. The lowest BCUT2D eigenvalue weighted by molar-refractivity contribution is 1.21. The normalized spacial score (nSPS) is 11.2. The molecule has 0 saturated heterocycles. The summed E-state index contributed by atoms with van der Waals surface area (Å²) in [6.07, 6.45) is 3.41. The second-order valence-electron chi connectivity index (χ2n) is 3.46. The number of rotatable bonds is 0. The molecule has 0 spiro atoms. The van der Waals surface area contributed by atoms with E-state index in [0.717, 1.165) is 16.6 Å². The Balaban J connectivity index is 2.58. The minimum Gasteiger partial charge on any atom is -0.339 e. The first-order chi connectivity index (χ1) is 6.84. The van der Waals surface area contributed by atoms with Crippen LogP contribution in [0.5, 0.6) is 0 Å². The molecule has 2 aromatic heterocycles. The number of aryl methyl sites for hydroxylation is 1. The molecule has 0 atom stereocenters. The number of aromatic amines is 1. The lowest BCUT2D eigenvalue weighted by Gasteiger charge is -1.92. The number of aromatic nitrogens is 3. The van der Waals surface area contributed by atoms with Crippen LogP contribution in [0.25, 0.3) is 21.9 Å². The standard InChI is InChI=1S/C11H9N3/c1-7-2-3-10-8(4-7)9-5-12-6-13-11(9)14-10/h2-6H,1H3,(H,12,13,14). The van der Waals surface area contributed by atoms with Crippen molar-refractivity contribution in [1.29, 1.82) is 0 Å². The molecule has 0 aliphatic carbocycles. The van der Waals surface area contributed by atoms with Gasteiger partial charge in [0.1, 0.15) is 12.0 Å². The van der Waals surface area contributed by atoms with E-state index in [1.54, 1.807) is 6.33 Å². The number of hydrogen-bond acceptors (Lipinski definition) is 2. The first kappa shape index (κ1) is 7.50. The summed E-state index contributed by atoms with van der Waals surface area (Å²) in [5.41, 5.74) is 3.27. The first-order valence-corrected chi connectivity index (χ1v) is 4.52. The van der Waals surface area contributed by atoms with Crippen LogP contribution in [-0.4, -0.2) is 15.0 Å². The molecule has 0 bridgehead atoms. The Morgan fingerprint density at radius 3 is 3.07 bits per heavy atom. The van der Waals surface area contributed by atoms with E-state index in [2.05, 4.69) is 40.1 Å². The van der Waals surface area contributed by atoms with Crippen molar-refractivity contribution in [3.8, 4) is 0 Å². The maximum absolute atomic E-state index is 4.18. The molecule has 0 saturated carbocycles. The Labute approximate surface area is 80.8 Å². The van der Waals surface area contributed by atoms with Gasteiger partial charge in [0.15, 0.2) is 0 Å². The second kappa shape index (κ2) is 2.54. The van der Waals surface area contributed by atoms with Crippen molar-refractivity contribution in [2.45, 2.75) is 6.92 Å². The summed E-state index contributed by atoms with van der Waals surface area (Å²) in [5, 5.41) is 2.28. The maximum atomic E-state index is 4.18. The molecule has 14 heavy (non-hydrogen) atoms. The van der Waals surface area contributed by atoms with Gasteiger partial charge in [-0.05, 0) is 19.1 Å². The third kappa shape index (κ3) is 0.923. The molecular weight excluding hydrogens is 174 g/mol. The topological polar surface area (TPSA) is 41.6 Å². The van der Waals surface area contributed by atoms with Gasteiger partial charge in [0.2, 0.25) is 0 Å². The molecule has 0 amide bonds. The Kier molecular flexibility index (Phi) is 1.36. The van der Waals surface area contributed by atoms with E-state index in [-0.39, 0.29) is 0 Å². The molecule has 68 valence electrons. The monoisotopic (exact) mass is 183 g/mol. The average molecular weight is 183 g/mol. The van der Waals surface area contributed by atoms with Gasteiger partial charge in [-0.3, -0.25) is 0 Å². The molecule has 0 fully saturated rings. The lowest BCUT2D eigenvalue weighted by atomic mass is 10.1. The predicted molar refractivity (Wildman–Crippen MR) is 56.1 cm³/mol. The average Bonchev–Trinajstić information content (AvgIpc) is 2.56. The van der Waals surface area contributed by atoms with E-state index in [1.165, 1.54) is 10.9 Å². The predicted octanol–water partition coefficient (Wildman–Crippen LogP) is 2.42. The van der Waals surface area contributed by atoms with Crippen molar-refractivity contribution in [1.82, 2.24) is 15.0 Å². The number of hydrogen-bond donors (Lipinski definition) is 1. The highest BCUT2D eigenvalue weighted by atomic mass is 14.9. The van der Waals surface area contributed by atoms with Crippen molar-refractivity contribution in [3.63, 3.8) is 0 Å². The van der Waals surface area contributed by atoms with Gasteiger partial charge in [-0.2, -0.15) is 0 Å². The summed E-state index contributed by atoms with van der Waals surface area (Å²) in [6.45, 7) is 2.09. The lowest BCUT2D eigenvalue weighted by Crippen LogP contribution is -1.76. The van der Waals surface area contributed by atoms with Crippen LogP contribution in [0, 0.1) is 6.92 Å². The van der Waals surface area contributed by atoms with Crippen LogP contribution in [0.4, 0.5) is 0 Å². The third-order valence-electron chi connectivity index (χ3n) is 2.43. The molecule has 0 unspecified atom stereocenters. The Morgan fingerprint density at radius 2 is 2.14 bits per heavy atom. The van der Waals surface area contributed by atoms with E-state index in [9.17, 15) is 0 Å². The molecule has 3 rings (SSSR count). The molecule has 2 heterocycles. The number of fused-ring (bicyclic) bond motifs is 3. The minimum atomic E-state index is 0.903. The van der Waals surface area contributed by atoms with Crippen LogP contribution in [0.3, 0.4) is 0 Å². The zero-order chi connectivity index (χ0) is 9.54. The number of H-pyrrole nitrogens is 1. The molecule has 3 heteroatoms. The van der Waals surface area contributed by atoms with Crippen LogP contribution in [0.2, 0.25) is 0 Å². The number of nitrogens with zero attached hydrogens (tertiary/aromatic N) is 2. The van der Waals surface area contributed by atoms with E-state index in [0.29, 0.717) is 0 Å². The van der Waals surface area contributed by atoms with Crippen LogP contribution < -0.4 is 0 Å². The molecular formula is C11H9N3. The van der Waals surface area contributed by atoms with Gasteiger partial charge in [0.05, 0.1) is 0 Å². The molecule has 0 radical (unpaired) electrons. The fraction of sp³-hybridized carbons (Fsp3) is 0.0909. The van der Waals surface area contributed by atoms with Crippen LogP contribution in [0.1, 0.15) is 5.56 Å². The van der Waals surface area contributed by atoms with Gasteiger partial charge >= 0.3 is 0 Å². The highest BCUT2D eigenvalue weighted by molar-refractivity contribution is 6.05. The van der Waals surface area contributed by atoms with Gasteiger partial charge in [0, 0.05) is 22.5 Å². The summed E-state index contributed by atoms with van der Waals surface area (Å²) in [6, 6.07) is 6.31. The van der Waals surface area contributed by atoms with E-state index >= 15 is 0 Å². The maximum Gasteiger partial charge on any atom is 0.141 e. The summed E-state index contributed by atoms with van der Waals surface area (Å²) in [7, 11) is 0. The molecule has 0 aliphatic heterocycles. The van der Waals surface area contributed by atoms with Crippen LogP contribution >= 0.6 is 0 Å². The smallest absolute Gasteiger partial charge is 0.141 e. The van der Waals surface area contributed by atoms with E-state index < -0.39 is 0 Å². The van der Waals surface area contributed by atoms with Gasteiger partial charge in [-0.25, -0.2) is 9.97 Å². The summed E-state index contributed by atoms with van der Waals surface area (Å²) in [5.74, 6) is 0. The van der Waals surface area contributed by atoms with Crippen molar-refractivity contribution in [2.75, 3.05) is 0 Å². The van der Waals surface area contributed by atoms with Gasteiger partial charge in [-0.15, -0.1) is 0 Å². The van der Waals surface area contributed by atoms with E-state index in [1.807, 2.05) is 6.20 Å². The largest absolute Gasteiger partial charge is 0.339 e. The first-order valence-electron chi connectivity index (χ1n) is 4.52. The summed E-state index contributed by atoms with van der Waals surface area (Å²) >= 11 is 0. The van der Waals surface area contributed by atoms with Crippen molar-refractivity contribution in [3.05, 3.63) is 36.3 Å². The Bertz CT molecular complexity index is 610. The second-order valence-corrected chi connectivity index (χ2v) is 3.46. The highest BCUT2D eigenvalue weighted by Gasteiger charge is 2.03. The van der Waals surface area contributed by atoms with Crippen molar-refractivity contribution in [2.24, 2.45) is 0 Å². The van der Waals surface area contributed by atoms with Gasteiger partial charge in [-0.1, -0.05) is 11.6 Å². The van der Waals surface area contributed by atoms with E-state index in [4.69, 9.17) is 0 Å². The molecule has 1 N–H and O–H groups in total.